The van der Waals surface area contributed by atoms with Crippen molar-refractivity contribution in [2.45, 2.75) is 38.5 Å². The van der Waals surface area contributed by atoms with Crippen LogP contribution in [0, 0.1) is 0 Å². The van der Waals surface area contributed by atoms with Crippen LogP contribution in [0.4, 0.5) is 17.6 Å². The molecule has 2 aromatic carbocycles. The Morgan fingerprint density at radius 1 is 0.909 bits per heavy atom. The number of fused-ring (bicyclic) bond motifs is 3. The molecule has 118 valence electrons. The lowest BCUT2D eigenvalue weighted by molar-refractivity contribution is -0.181. The molecular weight excluding hydrogens is 292 g/mol. The van der Waals surface area contributed by atoms with Gasteiger partial charge in [0.05, 0.1) is 0 Å². The lowest BCUT2D eigenvalue weighted by Gasteiger charge is -2.09. The van der Waals surface area contributed by atoms with E-state index in [1.54, 1.807) is 0 Å². The molecule has 1 unspecified atom stereocenters. The highest BCUT2D eigenvalue weighted by Gasteiger charge is 2.38. The van der Waals surface area contributed by atoms with Gasteiger partial charge in [-0.2, -0.15) is 13.2 Å². The highest BCUT2D eigenvalue weighted by Crippen LogP contribution is 2.35. The standard InChI is InChI=1S/C13H10.C5H8F4/c1-3-7-12-10(5-1)9-11-6-2-4-8-13(11)12;1-2-3-4(6)5(7,8)9/h1-8H,9H2;4H,2-3H2,1H3. The molecule has 0 aromatic heterocycles. The average molecular weight is 310 g/mol. The minimum atomic E-state index is -4.66. The molecule has 0 radical (unpaired) electrons. The Morgan fingerprint density at radius 3 is 1.73 bits per heavy atom. The third-order valence-electron chi connectivity index (χ3n) is 3.60. The van der Waals surface area contributed by atoms with Gasteiger partial charge in [0.2, 0.25) is 0 Å². The second-order valence-electron chi connectivity index (χ2n) is 5.29. The van der Waals surface area contributed by atoms with E-state index in [1.807, 2.05) is 0 Å². The van der Waals surface area contributed by atoms with Gasteiger partial charge in [-0.3, -0.25) is 0 Å². The first-order chi connectivity index (χ1) is 10.4. The molecule has 0 fully saturated rings. The van der Waals surface area contributed by atoms with E-state index in [9.17, 15) is 17.6 Å². The summed E-state index contributed by atoms with van der Waals surface area (Å²) in [7, 11) is 0. The average Bonchev–Trinajstić information content (AvgIpc) is 2.86. The van der Waals surface area contributed by atoms with Gasteiger partial charge in [-0.25, -0.2) is 4.39 Å². The van der Waals surface area contributed by atoms with E-state index in [-0.39, 0.29) is 6.42 Å². The maximum absolute atomic E-state index is 11.8. The Hall–Kier alpha value is -1.84. The first-order valence-corrected chi connectivity index (χ1v) is 7.30. The number of halogens is 4. The second-order valence-corrected chi connectivity index (χ2v) is 5.29. The summed E-state index contributed by atoms with van der Waals surface area (Å²) in [4.78, 5) is 0. The minimum absolute atomic E-state index is 0.223. The van der Waals surface area contributed by atoms with Crippen molar-refractivity contribution in [3.63, 3.8) is 0 Å². The minimum Gasteiger partial charge on any atom is -0.237 e. The molecule has 0 heterocycles. The summed E-state index contributed by atoms with van der Waals surface area (Å²) in [6, 6.07) is 17.3. The van der Waals surface area contributed by atoms with Gasteiger partial charge < -0.3 is 0 Å². The fraction of sp³-hybridized carbons (Fsp3) is 0.333. The Bertz CT molecular complexity index is 573. The van der Waals surface area contributed by atoms with E-state index in [0.29, 0.717) is 0 Å². The Morgan fingerprint density at radius 2 is 1.36 bits per heavy atom. The van der Waals surface area contributed by atoms with Crippen molar-refractivity contribution in [3.8, 4) is 11.1 Å². The van der Waals surface area contributed by atoms with E-state index in [2.05, 4.69) is 48.5 Å². The topological polar surface area (TPSA) is 0 Å². The third kappa shape index (κ3) is 3.87. The third-order valence-corrected chi connectivity index (χ3v) is 3.60. The van der Waals surface area contributed by atoms with Crippen LogP contribution in [-0.4, -0.2) is 12.3 Å². The summed E-state index contributed by atoms with van der Waals surface area (Å²) < 4.78 is 45.6. The lowest BCUT2D eigenvalue weighted by Crippen LogP contribution is -2.23. The summed E-state index contributed by atoms with van der Waals surface area (Å²) in [5.74, 6) is 0. The second kappa shape index (κ2) is 6.95. The zero-order valence-electron chi connectivity index (χ0n) is 12.3. The van der Waals surface area contributed by atoms with Crippen molar-refractivity contribution in [3.05, 3.63) is 59.7 Å². The number of hydrogen-bond donors (Lipinski definition) is 0. The molecule has 0 amide bonds. The van der Waals surface area contributed by atoms with Crippen molar-refractivity contribution in [1.82, 2.24) is 0 Å². The summed E-state index contributed by atoms with van der Waals surface area (Å²) in [6.45, 7) is 1.51. The van der Waals surface area contributed by atoms with Crippen LogP contribution in [-0.2, 0) is 6.42 Å². The predicted octanol–water partition coefficient (Wildman–Crippen LogP) is 5.94. The van der Waals surface area contributed by atoms with E-state index < -0.39 is 18.8 Å². The van der Waals surface area contributed by atoms with E-state index in [4.69, 9.17) is 0 Å². The number of hydrogen-bond acceptors (Lipinski definition) is 0. The first-order valence-electron chi connectivity index (χ1n) is 7.30. The smallest absolute Gasteiger partial charge is 0.237 e. The summed E-state index contributed by atoms with van der Waals surface area (Å²) in [5, 5.41) is 0. The summed E-state index contributed by atoms with van der Waals surface area (Å²) in [6.07, 6.45) is -6.39. The molecule has 0 spiro atoms. The van der Waals surface area contributed by atoms with Gasteiger partial charge in [0, 0.05) is 0 Å². The van der Waals surface area contributed by atoms with Gasteiger partial charge in [0.15, 0.2) is 6.17 Å². The van der Waals surface area contributed by atoms with Crippen LogP contribution in [0.5, 0.6) is 0 Å². The van der Waals surface area contributed by atoms with Crippen LogP contribution >= 0.6 is 0 Å². The Kier molecular flexibility index (Phi) is 5.22. The van der Waals surface area contributed by atoms with Crippen LogP contribution in [0.15, 0.2) is 48.5 Å². The van der Waals surface area contributed by atoms with Crippen molar-refractivity contribution in [1.29, 1.82) is 0 Å². The maximum Gasteiger partial charge on any atom is 0.419 e. The Labute approximate surface area is 127 Å². The molecule has 1 atom stereocenters. The Balaban J connectivity index is 0.000000175. The van der Waals surface area contributed by atoms with Crippen LogP contribution in [0.2, 0.25) is 0 Å². The van der Waals surface area contributed by atoms with Crippen molar-refractivity contribution in [2.24, 2.45) is 0 Å². The number of alkyl halides is 4. The van der Waals surface area contributed by atoms with E-state index in [1.165, 1.54) is 29.2 Å². The molecule has 3 rings (SSSR count). The zero-order chi connectivity index (χ0) is 16.2. The molecule has 1 aliphatic rings. The van der Waals surface area contributed by atoms with Crippen LogP contribution < -0.4 is 0 Å². The van der Waals surface area contributed by atoms with Gasteiger partial charge in [0.25, 0.3) is 0 Å². The molecule has 22 heavy (non-hydrogen) atoms. The molecule has 0 saturated carbocycles. The largest absolute Gasteiger partial charge is 0.419 e. The van der Waals surface area contributed by atoms with Gasteiger partial charge in [-0.1, -0.05) is 61.9 Å². The number of benzene rings is 2. The van der Waals surface area contributed by atoms with Gasteiger partial charge in [-0.15, -0.1) is 0 Å². The van der Waals surface area contributed by atoms with Crippen molar-refractivity contribution >= 4 is 0 Å². The SMILES string of the molecule is CCCC(F)C(F)(F)F.c1ccc2c(c1)Cc1ccccc1-2. The predicted molar refractivity (Wildman–Crippen MR) is 80.5 cm³/mol. The van der Waals surface area contributed by atoms with Crippen LogP contribution in [0.1, 0.15) is 30.9 Å². The molecule has 0 bridgehead atoms. The monoisotopic (exact) mass is 310 g/mol. The van der Waals surface area contributed by atoms with Crippen LogP contribution in [0.25, 0.3) is 11.1 Å². The van der Waals surface area contributed by atoms with Crippen molar-refractivity contribution in [2.75, 3.05) is 0 Å². The molecule has 2 aromatic rings. The first kappa shape index (κ1) is 16.5. The molecule has 0 aliphatic heterocycles. The van der Waals surface area contributed by atoms with E-state index >= 15 is 0 Å². The normalized spacial score (nSPS) is 13.7. The fourth-order valence-electron chi connectivity index (χ4n) is 2.50. The summed E-state index contributed by atoms with van der Waals surface area (Å²) in [5.41, 5.74) is 5.75. The molecule has 4 heteroatoms. The van der Waals surface area contributed by atoms with Crippen molar-refractivity contribution < 1.29 is 17.6 Å². The highest BCUT2D eigenvalue weighted by molar-refractivity contribution is 5.76. The molecule has 0 saturated heterocycles. The van der Waals surface area contributed by atoms with Crippen LogP contribution in [0.3, 0.4) is 0 Å². The van der Waals surface area contributed by atoms with Gasteiger partial charge >= 0.3 is 6.18 Å². The molecular formula is C18H18F4. The van der Waals surface area contributed by atoms with E-state index in [0.717, 1.165) is 6.42 Å². The van der Waals surface area contributed by atoms with Gasteiger partial charge in [-0.05, 0) is 35.1 Å². The number of rotatable bonds is 2. The molecule has 1 aliphatic carbocycles. The zero-order valence-corrected chi connectivity index (χ0v) is 12.3. The lowest BCUT2D eigenvalue weighted by atomic mass is 10.1. The molecule has 0 nitrogen and oxygen atoms in total. The molecule has 0 N–H and O–H groups in total. The fourth-order valence-corrected chi connectivity index (χ4v) is 2.50. The highest BCUT2D eigenvalue weighted by atomic mass is 19.4. The maximum atomic E-state index is 11.8. The quantitative estimate of drug-likeness (QED) is 0.513. The van der Waals surface area contributed by atoms with Gasteiger partial charge in [0.1, 0.15) is 0 Å². The summed E-state index contributed by atoms with van der Waals surface area (Å²) >= 11 is 0.